The van der Waals surface area contributed by atoms with Crippen molar-refractivity contribution in [1.82, 2.24) is 14.5 Å². The SMILES string of the molecule is CC.Cn1ccc2c(=O)[nH]cnc21.O=C(O)C1CCCCC1. The number of H-pyrrole nitrogens is 1. The Hall–Kier alpha value is -2.11. The van der Waals surface area contributed by atoms with Crippen LogP contribution >= 0.6 is 0 Å². The van der Waals surface area contributed by atoms with Crippen molar-refractivity contribution in [3.05, 3.63) is 28.9 Å². The van der Waals surface area contributed by atoms with Crippen molar-refractivity contribution in [2.75, 3.05) is 0 Å². The van der Waals surface area contributed by atoms with Gasteiger partial charge in [0.05, 0.1) is 17.6 Å². The molecular weight excluding hydrogens is 282 g/mol. The van der Waals surface area contributed by atoms with Crippen molar-refractivity contribution in [3.8, 4) is 0 Å². The van der Waals surface area contributed by atoms with Crippen LogP contribution in [0.1, 0.15) is 46.0 Å². The van der Waals surface area contributed by atoms with Crippen LogP contribution in [0.5, 0.6) is 0 Å². The van der Waals surface area contributed by atoms with Crippen LogP contribution < -0.4 is 5.56 Å². The Kier molecular flexibility index (Phi) is 7.36. The van der Waals surface area contributed by atoms with E-state index in [0.717, 1.165) is 25.7 Å². The third-order valence-electron chi connectivity index (χ3n) is 3.62. The molecule has 0 atom stereocenters. The molecule has 122 valence electrons. The highest BCUT2D eigenvalue weighted by Crippen LogP contribution is 2.23. The zero-order valence-electron chi connectivity index (χ0n) is 13.5. The van der Waals surface area contributed by atoms with Gasteiger partial charge in [-0.15, -0.1) is 0 Å². The van der Waals surface area contributed by atoms with Crippen LogP contribution in [0.25, 0.3) is 11.0 Å². The molecule has 1 aliphatic carbocycles. The number of hydrogen-bond donors (Lipinski definition) is 2. The molecule has 0 saturated heterocycles. The minimum absolute atomic E-state index is 0.0289. The van der Waals surface area contributed by atoms with Gasteiger partial charge in [0.1, 0.15) is 5.65 Å². The van der Waals surface area contributed by atoms with Crippen LogP contribution in [-0.4, -0.2) is 25.6 Å². The fraction of sp³-hybridized carbons (Fsp3) is 0.562. The van der Waals surface area contributed by atoms with Gasteiger partial charge in [-0.2, -0.15) is 0 Å². The van der Waals surface area contributed by atoms with Crippen molar-refractivity contribution in [2.24, 2.45) is 13.0 Å². The topological polar surface area (TPSA) is 88.0 Å². The second kappa shape index (κ2) is 9.02. The largest absolute Gasteiger partial charge is 0.481 e. The molecule has 0 spiro atoms. The average molecular weight is 307 g/mol. The van der Waals surface area contributed by atoms with Gasteiger partial charge in [-0.25, -0.2) is 4.98 Å². The summed E-state index contributed by atoms with van der Waals surface area (Å²) in [5.74, 6) is -0.631. The highest BCUT2D eigenvalue weighted by atomic mass is 16.4. The zero-order valence-corrected chi connectivity index (χ0v) is 13.5. The summed E-state index contributed by atoms with van der Waals surface area (Å²) in [6.45, 7) is 4.00. The van der Waals surface area contributed by atoms with Gasteiger partial charge in [-0.1, -0.05) is 33.1 Å². The third-order valence-corrected chi connectivity index (χ3v) is 3.62. The summed E-state index contributed by atoms with van der Waals surface area (Å²) in [4.78, 5) is 28.0. The van der Waals surface area contributed by atoms with Crippen LogP contribution in [0, 0.1) is 5.92 Å². The number of fused-ring (bicyclic) bond motifs is 1. The lowest BCUT2D eigenvalue weighted by atomic mass is 9.90. The maximum absolute atomic E-state index is 11.1. The third kappa shape index (κ3) is 4.72. The van der Waals surface area contributed by atoms with E-state index < -0.39 is 5.97 Å². The first-order chi connectivity index (χ1) is 10.6. The fourth-order valence-electron chi connectivity index (χ4n) is 2.44. The van der Waals surface area contributed by atoms with Crippen molar-refractivity contribution < 1.29 is 9.90 Å². The first-order valence-electron chi connectivity index (χ1n) is 7.81. The Labute approximate surface area is 130 Å². The average Bonchev–Trinajstić information content (AvgIpc) is 2.94. The molecule has 1 aliphatic rings. The first-order valence-corrected chi connectivity index (χ1v) is 7.81. The number of carboxylic acids is 1. The molecule has 2 aromatic rings. The normalized spacial score (nSPS) is 14.5. The minimum atomic E-state index is -0.602. The van der Waals surface area contributed by atoms with Gasteiger partial charge in [0.25, 0.3) is 5.56 Å². The molecule has 2 aromatic heterocycles. The summed E-state index contributed by atoms with van der Waals surface area (Å²) in [6.07, 6.45) is 8.46. The Morgan fingerprint density at radius 1 is 1.32 bits per heavy atom. The second-order valence-electron chi connectivity index (χ2n) is 5.07. The number of carbonyl (C=O) groups is 1. The van der Waals surface area contributed by atoms with E-state index in [0.29, 0.717) is 11.0 Å². The second-order valence-corrected chi connectivity index (χ2v) is 5.07. The summed E-state index contributed by atoms with van der Waals surface area (Å²) < 4.78 is 1.81. The first kappa shape index (κ1) is 17.9. The van der Waals surface area contributed by atoms with Crippen LogP contribution in [-0.2, 0) is 11.8 Å². The Bertz CT molecular complexity index is 639. The zero-order chi connectivity index (χ0) is 16.5. The van der Waals surface area contributed by atoms with E-state index >= 15 is 0 Å². The smallest absolute Gasteiger partial charge is 0.306 e. The van der Waals surface area contributed by atoms with Crippen LogP contribution in [0.15, 0.2) is 23.4 Å². The van der Waals surface area contributed by atoms with E-state index in [-0.39, 0.29) is 11.5 Å². The predicted molar refractivity (Wildman–Crippen MR) is 86.9 cm³/mol. The molecule has 1 saturated carbocycles. The van der Waals surface area contributed by atoms with E-state index in [2.05, 4.69) is 9.97 Å². The van der Waals surface area contributed by atoms with Gasteiger partial charge in [-0.3, -0.25) is 9.59 Å². The summed E-state index contributed by atoms with van der Waals surface area (Å²) in [6, 6.07) is 1.75. The molecule has 0 aromatic carbocycles. The lowest BCUT2D eigenvalue weighted by molar-refractivity contribution is -0.142. The lowest BCUT2D eigenvalue weighted by Crippen LogP contribution is -2.16. The number of hydrogen-bond acceptors (Lipinski definition) is 3. The molecule has 0 bridgehead atoms. The van der Waals surface area contributed by atoms with Crippen molar-refractivity contribution in [2.45, 2.75) is 46.0 Å². The number of aryl methyl sites for hydroxylation is 1. The highest BCUT2D eigenvalue weighted by molar-refractivity contribution is 5.74. The van der Waals surface area contributed by atoms with Gasteiger partial charge in [-0.05, 0) is 18.9 Å². The molecule has 22 heavy (non-hydrogen) atoms. The van der Waals surface area contributed by atoms with Crippen molar-refractivity contribution in [3.63, 3.8) is 0 Å². The molecule has 2 N–H and O–H groups in total. The number of nitrogens with one attached hydrogen (secondary N) is 1. The standard InChI is InChI=1S/C7H7N3O.C7H12O2.C2H6/c1-10-3-2-5-6(10)8-4-9-7(5)11;8-7(9)6-4-2-1-3-5-6;1-2/h2-4H,1H3,(H,8,9,11);6H,1-5H2,(H,8,9);1-2H3. The molecule has 6 nitrogen and oxygen atoms in total. The highest BCUT2D eigenvalue weighted by Gasteiger charge is 2.19. The molecule has 6 heteroatoms. The van der Waals surface area contributed by atoms with E-state index in [9.17, 15) is 9.59 Å². The molecule has 3 rings (SSSR count). The Balaban J connectivity index is 0.000000202. The van der Waals surface area contributed by atoms with Crippen LogP contribution in [0.3, 0.4) is 0 Å². The maximum atomic E-state index is 11.1. The molecule has 1 fully saturated rings. The number of aromatic amines is 1. The molecule has 0 unspecified atom stereocenters. The maximum Gasteiger partial charge on any atom is 0.306 e. The summed E-state index contributed by atoms with van der Waals surface area (Å²) in [7, 11) is 1.86. The fourth-order valence-corrected chi connectivity index (χ4v) is 2.44. The summed E-state index contributed by atoms with van der Waals surface area (Å²) in [5.41, 5.74) is 0.629. The number of aromatic nitrogens is 3. The summed E-state index contributed by atoms with van der Waals surface area (Å²) in [5, 5.41) is 9.17. The predicted octanol–water partition coefficient (Wildman–Crippen LogP) is 2.94. The van der Waals surface area contributed by atoms with Gasteiger partial charge in [0.2, 0.25) is 0 Å². The van der Waals surface area contributed by atoms with Crippen molar-refractivity contribution in [1.29, 1.82) is 0 Å². The molecule has 0 radical (unpaired) electrons. The lowest BCUT2D eigenvalue weighted by Gasteiger charge is -2.16. The number of nitrogens with zero attached hydrogens (tertiary/aromatic N) is 2. The Morgan fingerprint density at radius 3 is 2.45 bits per heavy atom. The number of rotatable bonds is 1. The van der Waals surface area contributed by atoms with Crippen molar-refractivity contribution >= 4 is 17.0 Å². The van der Waals surface area contributed by atoms with Crippen LogP contribution in [0.2, 0.25) is 0 Å². The van der Waals surface area contributed by atoms with Gasteiger partial charge >= 0.3 is 5.97 Å². The van der Waals surface area contributed by atoms with E-state index in [1.807, 2.05) is 31.7 Å². The molecular formula is C16H25N3O3. The molecule has 2 heterocycles. The number of carboxylic acid groups (broad SMARTS) is 1. The van der Waals surface area contributed by atoms with E-state index in [4.69, 9.17) is 5.11 Å². The Morgan fingerprint density at radius 2 is 1.95 bits per heavy atom. The van der Waals surface area contributed by atoms with Crippen LogP contribution in [0.4, 0.5) is 0 Å². The quantitative estimate of drug-likeness (QED) is 0.848. The van der Waals surface area contributed by atoms with E-state index in [1.54, 1.807) is 6.07 Å². The summed E-state index contributed by atoms with van der Waals surface area (Å²) >= 11 is 0. The van der Waals surface area contributed by atoms with Gasteiger partial charge in [0.15, 0.2) is 0 Å². The molecule has 0 amide bonds. The van der Waals surface area contributed by atoms with Gasteiger partial charge < -0.3 is 14.7 Å². The van der Waals surface area contributed by atoms with E-state index in [1.165, 1.54) is 12.7 Å². The number of aliphatic carboxylic acids is 1. The minimum Gasteiger partial charge on any atom is -0.481 e. The van der Waals surface area contributed by atoms with Gasteiger partial charge in [0, 0.05) is 13.2 Å². The monoisotopic (exact) mass is 307 g/mol. The molecule has 0 aliphatic heterocycles.